The molecule has 0 fully saturated rings. The van der Waals surface area contributed by atoms with E-state index >= 15 is 0 Å². The lowest BCUT2D eigenvalue weighted by molar-refractivity contribution is 0.409. The number of methoxy groups -OCH3 is 1. The van der Waals surface area contributed by atoms with Crippen LogP contribution >= 0.6 is 0 Å². The summed E-state index contributed by atoms with van der Waals surface area (Å²) < 4.78 is 20.6. The molecule has 0 amide bonds. The van der Waals surface area contributed by atoms with Crippen molar-refractivity contribution >= 4 is 11.0 Å². The molecule has 120 valence electrons. The Morgan fingerprint density at radius 1 is 1.19 bits per heavy atom. The van der Waals surface area contributed by atoms with Crippen molar-refractivity contribution in [2.75, 3.05) is 7.11 Å². The number of benzene rings is 1. The summed E-state index contributed by atoms with van der Waals surface area (Å²) in [7, 11) is 0.649. The molecular formula is C17H29NO2S. The maximum atomic E-state index is 12.2. The lowest BCUT2D eigenvalue weighted by atomic mass is 9.96. The van der Waals surface area contributed by atoms with Gasteiger partial charge in [-0.15, -0.1) is 0 Å². The van der Waals surface area contributed by atoms with Crippen molar-refractivity contribution in [3.63, 3.8) is 0 Å². The van der Waals surface area contributed by atoms with E-state index in [0.29, 0.717) is 0 Å². The van der Waals surface area contributed by atoms with Crippen LogP contribution in [0.1, 0.15) is 52.2 Å². The molecule has 0 bridgehead atoms. The highest BCUT2D eigenvalue weighted by molar-refractivity contribution is 7.84. The SMILES string of the molecule is COc1cc(CCC(C)(C)NS(=O)C(C)(C)C)ccc1C. The van der Waals surface area contributed by atoms with Crippen LogP contribution in [0.4, 0.5) is 0 Å². The molecule has 3 nitrogen and oxygen atoms in total. The van der Waals surface area contributed by atoms with Gasteiger partial charge in [-0.1, -0.05) is 12.1 Å². The molecule has 0 aliphatic rings. The Bertz CT molecular complexity index is 504. The summed E-state index contributed by atoms with van der Waals surface area (Å²) in [5.41, 5.74) is 2.22. The molecule has 0 saturated carbocycles. The van der Waals surface area contributed by atoms with Crippen LogP contribution in [0, 0.1) is 6.92 Å². The van der Waals surface area contributed by atoms with Crippen LogP contribution in [0.2, 0.25) is 0 Å². The minimum atomic E-state index is -1.05. The Balaban J connectivity index is 2.67. The highest BCUT2D eigenvalue weighted by atomic mass is 32.2. The minimum Gasteiger partial charge on any atom is -0.496 e. The van der Waals surface area contributed by atoms with E-state index in [1.165, 1.54) is 5.56 Å². The zero-order chi connectivity index (χ0) is 16.3. The lowest BCUT2D eigenvalue weighted by Crippen LogP contribution is -2.46. The van der Waals surface area contributed by atoms with Gasteiger partial charge in [-0.25, -0.2) is 8.93 Å². The maximum Gasteiger partial charge on any atom is 0.122 e. The summed E-state index contributed by atoms with van der Waals surface area (Å²) in [5, 5.41) is 0. The van der Waals surface area contributed by atoms with Gasteiger partial charge in [-0.3, -0.25) is 0 Å². The second kappa shape index (κ2) is 6.93. The van der Waals surface area contributed by atoms with Gasteiger partial charge in [0.05, 0.1) is 22.8 Å². The molecular weight excluding hydrogens is 282 g/mol. The molecule has 1 aromatic rings. The third-order valence-corrected chi connectivity index (χ3v) is 5.29. The zero-order valence-electron chi connectivity index (χ0n) is 14.4. The van der Waals surface area contributed by atoms with Gasteiger partial charge in [0, 0.05) is 5.54 Å². The van der Waals surface area contributed by atoms with Crippen molar-refractivity contribution in [2.24, 2.45) is 0 Å². The van der Waals surface area contributed by atoms with Crippen LogP contribution in [0.25, 0.3) is 0 Å². The third-order valence-electron chi connectivity index (χ3n) is 3.44. The van der Waals surface area contributed by atoms with Gasteiger partial charge in [0.2, 0.25) is 0 Å². The Hall–Kier alpha value is -0.870. The molecule has 0 aliphatic carbocycles. The minimum absolute atomic E-state index is 0.170. The van der Waals surface area contributed by atoms with E-state index < -0.39 is 11.0 Å². The topological polar surface area (TPSA) is 38.3 Å². The molecule has 1 atom stereocenters. The number of hydrogen-bond donors (Lipinski definition) is 1. The molecule has 1 N–H and O–H groups in total. The Labute approximate surface area is 132 Å². The number of ether oxygens (including phenoxy) is 1. The van der Waals surface area contributed by atoms with Gasteiger partial charge in [0.25, 0.3) is 0 Å². The molecule has 21 heavy (non-hydrogen) atoms. The zero-order valence-corrected chi connectivity index (χ0v) is 15.2. The van der Waals surface area contributed by atoms with E-state index in [-0.39, 0.29) is 10.3 Å². The largest absolute Gasteiger partial charge is 0.496 e. The van der Waals surface area contributed by atoms with Gasteiger partial charge in [-0.2, -0.15) is 0 Å². The Kier molecular flexibility index (Phi) is 6.00. The molecule has 0 heterocycles. The van der Waals surface area contributed by atoms with Gasteiger partial charge < -0.3 is 4.74 Å². The van der Waals surface area contributed by atoms with Crippen molar-refractivity contribution in [1.29, 1.82) is 0 Å². The average molecular weight is 311 g/mol. The molecule has 1 rings (SSSR count). The second-order valence-corrected chi connectivity index (χ2v) is 9.14. The molecule has 0 radical (unpaired) electrons. The molecule has 4 heteroatoms. The van der Waals surface area contributed by atoms with Crippen molar-refractivity contribution in [1.82, 2.24) is 4.72 Å². The van der Waals surface area contributed by atoms with E-state index in [4.69, 9.17) is 4.74 Å². The number of hydrogen-bond acceptors (Lipinski definition) is 2. The fourth-order valence-corrected chi connectivity index (χ4v) is 2.84. The van der Waals surface area contributed by atoms with Crippen molar-refractivity contribution in [3.05, 3.63) is 29.3 Å². The first kappa shape index (κ1) is 18.2. The van der Waals surface area contributed by atoms with Crippen LogP contribution in [-0.2, 0) is 17.4 Å². The highest BCUT2D eigenvalue weighted by Gasteiger charge is 2.26. The first-order valence-corrected chi connectivity index (χ1v) is 8.53. The maximum absolute atomic E-state index is 12.2. The van der Waals surface area contributed by atoms with Crippen molar-refractivity contribution in [3.8, 4) is 5.75 Å². The van der Waals surface area contributed by atoms with Gasteiger partial charge in [-0.05, 0) is 71.6 Å². The van der Waals surface area contributed by atoms with E-state index in [2.05, 4.69) is 36.8 Å². The van der Waals surface area contributed by atoms with Crippen LogP contribution in [0.15, 0.2) is 18.2 Å². The standard InChI is InChI=1S/C17H29NO2S/c1-13-8-9-14(12-15(13)20-7)10-11-17(5,6)18-21(19)16(2,3)4/h8-9,12,18H,10-11H2,1-7H3. The van der Waals surface area contributed by atoms with Crippen LogP contribution < -0.4 is 9.46 Å². The predicted molar refractivity (Wildman–Crippen MR) is 91.2 cm³/mol. The second-order valence-electron chi connectivity index (χ2n) is 7.17. The summed E-state index contributed by atoms with van der Waals surface area (Å²) in [4.78, 5) is 0. The van der Waals surface area contributed by atoms with Gasteiger partial charge in [0.15, 0.2) is 0 Å². The normalized spacial score (nSPS) is 14.0. The van der Waals surface area contributed by atoms with E-state index in [1.54, 1.807) is 7.11 Å². The first-order valence-electron chi connectivity index (χ1n) is 7.38. The monoisotopic (exact) mass is 311 g/mol. The summed E-state index contributed by atoms with van der Waals surface area (Å²) in [6, 6.07) is 6.31. The van der Waals surface area contributed by atoms with Crippen LogP contribution in [-0.4, -0.2) is 21.6 Å². The van der Waals surface area contributed by atoms with E-state index in [9.17, 15) is 4.21 Å². The lowest BCUT2D eigenvalue weighted by Gasteiger charge is -2.30. The highest BCUT2D eigenvalue weighted by Crippen LogP contribution is 2.22. The average Bonchev–Trinajstić information content (AvgIpc) is 2.36. The first-order chi connectivity index (χ1) is 9.55. The van der Waals surface area contributed by atoms with Crippen molar-refractivity contribution < 1.29 is 8.95 Å². The number of nitrogens with one attached hydrogen (secondary N) is 1. The Morgan fingerprint density at radius 3 is 2.33 bits per heavy atom. The van der Waals surface area contributed by atoms with E-state index in [0.717, 1.165) is 24.2 Å². The molecule has 0 aliphatic heterocycles. The van der Waals surface area contributed by atoms with Gasteiger partial charge >= 0.3 is 0 Å². The van der Waals surface area contributed by atoms with Gasteiger partial charge in [0.1, 0.15) is 5.75 Å². The Morgan fingerprint density at radius 2 is 1.81 bits per heavy atom. The molecule has 1 unspecified atom stereocenters. The molecule has 0 spiro atoms. The fourth-order valence-electron chi connectivity index (χ4n) is 1.93. The quantitative estimate of drug-likeness (QED) is 0.868. The number of rotatable bonds is 6. The molecule has 1 aromatic carbocycles. The summed E-state index contributed by atoms with van der Waals surface area (Å²) in [6.45, 7) is 12.2. The molecule has 0 aromatic heterocycles. The summed E-state index contributed by atoms with van der Waals surface area (Å²) >= 11 is 0. The summed E-state index contributed by atoms with van der Waals surface area (Å²) in [5.74, 6) is 0.927. The summed E-state index contributed by atoms with van der Waals surface area (Å²) in [6.07, 6.45) is 1.85. The predicted octanol–water partition coefficient (Wildman–Crippen LogP) is 3.77. The third kappa shape index (κ3) is 5.79. The smallest absolute Gasteiger partial charge is 0.122 e. The fraction of sp³-hybridized carbons (Fsp3) is 0.647. The van der Waals surface area contributed by atoms with Crippen molar-refractivity contribution in [2.45, 2.75) is 64.7 Å². The van der Waals surface area contributed by atoms with Crippen LogP contribution in [0.3, 0.4) is 0 Å². The van der Waals surface area contributed by atoms with E-state index in [1.807, 2.05) is 27.7 Å². The molecule has 0 saturated heterocycles. The van der Waals surface area contributed by atoms with Crippen LogP contribution in [0.5, 0.6) is 5.75 Å². The number of aryl methyl sites for hydroxylation is 2.